The van der Waals surface area contributed by atoms with Crippen molar-refractivity contribution < 1.29 is 8.78 Å². The Hall–Kier alpha value is -0.960. The summed E-state index contributed by atoms with van der Waals surface area (Å²) in [6, 6.07) is 6.11. The SMILES string of the molecule is CC(F)(c1ccccc1F)C1CCNC1. The van der Waals surface area contributed by atoms with Gasteiger partial charge in [0, 0.05) is 18.0 Å². The topological polar surface area (TPSA) is 12.0 Å². The lowest BCUT2D eigenvalue weighted by atomic mass is 9.84. The van der Waals surface area contributed by atoms with Crippen molar-refractivity contribution in [2.24, 2.45) is 5.92 Å². The highest BCUT2D eigenvalue weighted by molar-refractivity contribution is 5.25. The van der Waals surface area contributed by atoms with Gasteiger partial charge in [0.05, 0.1) is 0 Å². The molecule has 1 N–H and O–H groups in total. The van der Waals surface area contributed by atoms with Crippen molar-refractivity contribution in [1.29, 1.82) is 0 Å². The molecule has 1 aromatic rings. The van der Waals surface area contributed by atoms with E-state index >= 15 is 0 Å². The average Bonchev–Trinajstić information content (AvgIpc) is 2.71. The molecule has 1 nitrogen and oxygen atoms in total. The van der Waals surface area contributed by atoms with Crippen LogP contribution >= 0.6 is 0 Å². The predicted octanol–water partition coefficient (Wildman–Crippen LogP) is 2.62. The molecule has 0 aromatic heterocycles. The maximum Gasteiger partial charge on any atom is 0.140 e. The standard InChI is InChI=1S/C12H15F2N/c1-12(14,9-6-7-15-8-9)10-4-2-3-5-11(10)13/h2-5,9,15H,6-8H2,1H3. The first-order valence-electron chi connectivity index (χ1n) is 5.27. The zero-order valence-electron chi connectivity index (χ0n) is 8.76. The third-order valence-electron chi connectivity index (χ3n) is 3.23. The van der Waals surface area contributed by atoms with E-state index in [1.807, 2.05) is 0 Å². The summed E-state index contributed by atoms with van der Waals surface area (Å²) in [5.41, 5.74) is -1.40. The summed E-state index contributed by atoms with van der Waals surface area (Å²) < 4.78 is 28.0. The first-order chi connectivity index (χ1) is 7.12. The average molecular weight is 211 g/mol. The molecule has 1 aliphatic rings. The highest BCUT2D eigenvalue weighted by Crippen LogP contribution is 2.38. The quantitative estimate of drug-likeness (QED) is 0.793. The van der Waals surface area contributed by atoms with Gasteiger partial charge in [-0.15, -0.1) is 0 Å². The molecule has 1 fully saturated rings. The van der Waals surface area contributed by atoms with Crippen LogP contribution in [0.2, 0.25) is 0 Å². The fourth-order valence-electron chi connectivity index (χ4n) is 2.19. The van der Waals surface area contributed by atoms with Gasteiger partial charge in [-0.1, -0.05) is 18.2 Å². The number of halogens is 2. The Balaban J connectivity index is 2.31. The highest BCUT2D eigenvalue weighted by atomic mass is 19.1. The van der Waals surface area contributed by atoms with E-state index in [0.717, 1.165) is 13.0 Å². The Labute approximate surface area is 88.5 Å². The van der Waals surface area contributed by atoms with Gasteiger partial charge in [-0.25, -0.2) is 8.78 Å². The van der Waals surface area contributed by atoms with E-state index in [9.17, 15) is 8.78 Å². The predicted molar refractivity (Wildman–Crippen MR) is 55.8 cm³/mol. The van der Waals surface area contributed by atoms with Gasteiger partial charge in [-0.3, -0.25) is 0 Å². The van der Waals surface area contributed by atoms with E-state index in [0.29, 0.717) is 6.54 Å². The van der Waals surface area contributed by atoms with Crippen LogP contribution in [0.25, 0.3) is 0 Å². The van der Waals surface area contributed by atoms with E-state index in [1.54, 1.807) is 12.1 Å². The second-order valence-electron chi connectivity index (χ2n) is 4.25. The van der Waals surface area contributed by atoms with Crippen molar-refractivity contribution >= 4 is 0 Å². The molecule has 2 unspecified atom stereocenters. The zero-order valence-corrected chi connectivity index (χ0v) is 8.76. The van der Waals surface area contributed by atoms with Gasteiger partial charge in [0.25, 0.3) is 0 Å². The summed E-state index contributed by atoms with van der Waals surface area (Å²) in [4.78, 5) is 0. The molecule has 3 heteroatoms. The summed E-state index contributed by atoms with van der Waals surface area (Å²) in [5, 5.41) is 3.11. The van der Waals surface area contributed by atoms with Crippen molar-refractivity contribution in [1.82, 2.24) is 5.32 Å². The Morgan fingerprint density at radius 2 is 2.13 bits per heavy atom. The number of nitrogens with one attached hydrogen (secondary N) is 1. The lowest BCUT2D eigenvalue weighted by molar-refractivity contribution is 0.107. The minimum Gasteiger partial charge on any atom is -0.316 e. The molecular weight excluding hydrogens is 196 g/mol. The molecule has 1 aliphatic heterocycles. The molecular formula is C12H15F2N. The van der Waals surface area contributed by atoms with Crippen molar-refractivity contribution in [2.75, 3.05) is 13.1 Å². The smallest absolute Gasteiger partial charge is 0.140 e. The van der Waals surface area contributed by atoms with E-state index in [-0.39, 0.29) is 11.5 Å². The monoisotopic (exact) mass is 211 g/mol. The first kappa shape index (κ1) is 10.6. The van der Waals surface area contributed by atoms with Gasteiger partial charge in [-0.2, -0.15) is 0 Å². The molecule has 0 saturated carbocycles. The Morgan fingerprint density at radius 3 is 2.73 bits per heavy atom. The van der Waals surface area contributed by atoms with Crippen LogP contribution in [0.3, 0.4) is 0 Å². The van der Waals surface area contributed by atoms with Crippen LogP contribution in [0, 0.1) is 11.7 Å². The molecule has 0 aliphatic carbocycles. The summed E-state index contributed by atoms with van der Waals surface area (Å²) in [6.45, 7) is 2.92. The highest BCUT2D eigenvalue weighted by Gasteiger charge is 2.39. The maximum atomic E-state index is 14.5. The molecule has 2 atom stereocenters. The zero-order chi connectivity index (χ0) is 10.9. The first-order valence-corrected chi connectivity index (χ1v) is 5.27. The fraction of sp³-hybridized carbons (Fsp3) is 0.500. The fourth-order valence-corrected chi connectivity index (χ4v) is 2.19. The molecule has 0 amide bonds. The third kappa shape index (κ3) is 1.88. The van der Waals surface area contributed by atoms with Crippen molar-refractivity contribution in [2.45, 2.75) is 19.0 Å². The van der Waals surface area contributed by atoms with Gasteiger partial charge in [-0.05, 0) is 26.0 Å². The minimum atomic E-state index is -1.57. The molecule has 1 heterocycles. The van der Waals surface area contributed by atoms with E-state index in [4.69, 9.17) is 0 Å². The largest absolute Gasteiger partial charge is 0.316 e. The van der Waals surface area contributed by atoms with E-state index in [2.05, 4.69) is 5.32 Å². The van der Waals surface area contributed by atoms with Gasteiger partial charge < -0.3 is 5.32 Å². The molecule has 1 aromatic carbocycles. The Morgan fingerprint density at radius 1 is 1.40 bits per heavy atom. The number of rotatable bonds is 2. The maximum absolute atomic E-state index is 14.5. The molecule has 1 saturated heterocycles. The number of alkyl halides is 1. The summed E-state index contributed by atoms with van der Waals surface area (Å²) in [7, 11) is 0. The summed E-state index contributed by atoms with van der Waals surface area (Å²) in [5.74, 6) is -0.580. The second kappa shape index (κ2) is 3.89. The van der Waals surface area contributed by atoms with Crippen LogP contribution in [0.1, 0.15) is 18.9 Å². The summed E-state index contributed by atoms with van der Waals surface area (Å²) in [6.07, 6.45) is 0.765. The van der Waals surface area contributed by atoms with Crippen LogP contribution in [-0.2, 0) is 5.67 Å². The Bertz CT molecular complexity index is 343. The van der Waals surface area contributed by atoms with Crippen LogP contribution in [-0.4, -0.2) is 13.1 Å². The normalized spacial score (nSPS) is 25.1. The minimum absolute atomic E-state index is 0.130. The number of benzene rings is 1. The van der Waals surface area contributed by atoms with Crippen molar-refractivity contribution in [3.8, 4) is 0 Å². The number of hydrogen-bond donors (Lipinski definition) is 1. The van der Waals surface area contributed by atoms with Gasteiger partial charge >= 0.3 is 0 Å². The summed E-state index contributed by atoms with van der Waals surface area (Å²) >= 11 is 0. The van der Waals surface area contributed by atoms with Crippen LogP contribution < -0.4 is 5.32 Å². The lowest BCUT2D eigenvalue weighted by Crippen LogP contribution is -2.30. The van der Waals surface area contributed by atoms with Crippen LogP contribution in [0.5, 0.6) is 0 Å². The van der Waals surface area contributed by atoms with Gasteiger partial charge in [0.2, 0.25) is 0 Å². The molecule has 0 radical (unpaired) electrons. The van der Waals surface area contributed by atoms with Crippen LogP contribution in [0.15, 0.2) is 24.3 Å². The lowest BCUT2D eigenvalue weighted by Gasteiger charge is -2.27. The number of hydrogen-bond acceptors (Lipinski definition) is 1. The molecule has 0 bridgehead atoms. The van der Waals surface area contributed by atoms with Gasteiger partial charge in [0.15, 0.2) is 0 Å². The molecule has 2 rings (SSSR count). The molecule has 0 spiro atoms. The van der Waals surface area contributed by atoms with E-state index < -0.39 is 11.5 Å². The van der Waals surface area contributed by atoms with Crippen molar-refractivity contribution in [3.63, 3.8) is 0 Å². The van der Waals surface area contributed by atoms with Crippen molar-refractivity contribution in [3.05, 3.63) is 35.6 Å². The van der Waals surface area contributed by atoms with E-state index in [1.165, 1.54) is 19.1 Å². The Kier molecular flexibility index (Phi) is 2.74. The van der Waals surface area contributed by atoms with Crippen LogP contribution in [0.4, 0.5) is 8.78 Å². The molecule has 15 heavy (non-hydrogen) atoms. The molecule has 82 valence electrons. The third-order valence-corrected chi connectivity index (χ3v) is 3.23. The van der Waals surface area contributed by atoms with Gasteiger partial charge in [0.1, 0.15) is 11.5 Å². The second-order valence-corrected chi connectivity index (χ2v) is 4.25.